The van der Waals surface area contributed by atoms with Crippen molar-refractivity contribution in [2.45, 2.75) is 38.3 Å². The molecule has 1 rings (SSSR count). The Labute approximate surface area is 103 Å². The summed E-state index contributed by atoms with van der Waals surface area (Å²) >= 11 is 4.86. The summed E-state index contributed by atoms with van der Waals surface area (Å²) in [6.45, 7) is 2.47. The van der Waals surface area contributed by atoms with Crippen molar-refractivity contribution in [2.75, 3.05) is 20.6 Å². The smallest absolute Gasteiger partial charge is 0.236 e. The van der Waals surface area contributed by atoms with E-state index in [4.69, 9.17) is 18.0 Å². The zero-order chi connectivity index (χ0) is 12.3. The number of hydrogen-bond acceptors (Lipinski definition) is 3. The van der Waals surface area contributed by atoms with Crippen LogP contribution in [0.4, 0.5) is 0 Å². The molecule has 1 aliphatic carbocycles. The van der Waals surface area contributed by atoms with Gasteiger partial charge < -0.3 is 10.6 Å². The molecule has 0 aromatic rings. The summed E-state index contributed by atoms with van der Waals surface area (Å²) in [5, 5.41) is 0. The van der Waals surface area contributed by atoms with Gasteiger partial charge in [0.25, 0.3) is 0 Å². The van der Waals surface area contributed by atoms with Crippen LogP contribution in [0.2, 0.25) is 0 Å². The van der Waals surface area contributed by atoms with Gasteiger partial charge in [0.1, 0.15) is 0 Å². The Morgan fingerprint density at radius 2 is 2.06 bits per heavy atom. The van der Waals surface area contributed by atoms with Crippen LogP contribution >= 0.6 is 12.2 Å². The first-order valence-corrected chi connectivity index (χ1v) is 6.07. The highest BCUT2D eigenvalue weighted by Crippen LogP contribution is 2.25. The summed E-state index contributed by atoms with van der Waals surface area (Å²) in [5.74, 6) is 0.180. The van der Waals surface area contributed by atoms with Crippen molar-refractivity contribution in [1.29, 1.82) is 0 Å². The summed E-state index contributed by atoms with van der Waals surface area (Å²) in [4.78, 5) is 16.2. The first kappa shape index (κ1) is 13.4. The lowest BCUT2D eigenvalue weighted by Crippen LogP contribution is -2.42. The molecule has 0 saturated heterocycles. The number of thiocarbonyl (C=S) groups is 1. The molecule has 0 heterocycles. The number of likely N-dealkylation sites (N-methyl/N-ethyl adjacent to an activating group) is 2. The summed E-state index contributed by atoms with van der Waals surface area (Å²) in [6, 6.07) is 0.695. The van der Waals surface area contributed by atoms with Crippen molar-refractivity contribution < 1.29 is 4.79 Å². The summed E-state index contributed by atoms with van der Waals surface area (Å²) in [5.41, 5.74) is 5.49. The van der Waals surface area contributed by atoms with Crippen molar-refractivity contribution in [3.63, 3.8) is 0 Å². The van der Waals surface area contributed by atoms with Crippen LogP contribution in [0.5, 0.6) is 0 Å². The number of hydrogen-bond donors (Lipinski definition) is 1. The highest BCUT2D eigenvalue weighted by Gasteiger charge is 2.30. The molecular formula is C11H21N3OS. The lowest BCUT2D eigenvalue weighted by atomic mass is 10.2. The number of carbonyl (C=O) groups excluding carboxylic acids is 1. The fourth-order valence-corrected chi connectivity index (χ4v) is 1.83. The summed E-state index contributed by atoms with van der Waals surface area (Å²) in [6.07, 6.45) is 2.95. The third kappa shape index (κ3) is 4.06. The monoisotopic (exact) mass is 243 g/mol. The Morgan fingerprint density at radius 3 is 2.50 bits per heavy atom. The minimum atomic E-state index is 0.180. The van der Waals surface area contributed by atoms with Gasteiger partial charge in [-0.15, -0.1) is 0 Å². The molecule has 1 atom stereocenters. The van der Waals surface area contributed by atoms with E-state index in [0.29, 0.717) is 24.0 Å². The van der Waals surface area contributed by atoms with E-state index in [2.05, 4.69) is 0 Å². The molecule has 1 amide bonds. The Balaban J connectivity index is 2.34. The van der Waals surface area contributed by atoms with Gasteiger partial charge in [0.05, 0.1) is 11.5 Å². The van der Waals surface area contributed by atoms with Crippen LogP contribution < -0.4 is 5.73 Å². The maximum Gasteiger partial charge on any atom is 0.236 e. The van der Waals surface area contributed by atoms with Gasteiger partial charge in [-0.2, -0.15) is 0 Å². The van der Waals surface area contributed by atoms with Gasteiger partial charge in [0, 0.05) is 25.6 Å². The highest BCUT2D eigenvalue weighted by molar-refractivity contribution is 7.80. The standard InChI is InChI=1S/C11H21N3OS/c1-8(6-10(12)16)13(2)7-11(15)14(3)9-4-5-9/h8-9H,4-7H2,1-3H3,(H2,12,16). The number of rotatable bonds is 6. The molecule has 1 unspecified atom stereocenters. The van der Waals surface area contributed by atoms with E-state index in [9.17, 15) is 4.79 Å². The predicted octanol–water partition coefficient (Wildman–Crippen LogP) is 0.604. The second kappa shape index (κ2) is 5.59. The Kier molecular flexibility index (Phi) is 4.68. The second-order valence-electron chi connectivity index (χ2n) is 4.67. The number of nitrogens with two attached hydrogens (primary N) is 1. The van der Waals surface area contributed by atoms with E-state index in [-0.39, 0.29) is 11.9 Å². The number of carbonyl (C=O) groups is 1. The summed E-state index contributed by atoms with van der Waals surface area (Å²) in [7, 11) is 3.81. The van der Waals surface area contributed by atoms with E-state index in [1.165, 1.54) is 0 Å². The first-order valence-electron chi connectivity index (χ1n) is 5.66. The van der Waals surface area contributed by atoms with Crippen molar-refractivity contribution in [3.05, 3.63) is 0 Å². The fourth-order valence-electron chi connectivity index (χ4n) is 1.59. The van der Waals surface area contributed by atoms with Crippen molar-refractivity contribution in [2.24, 2.45) is 5.73 Å². The minimum Gasteiger partial charge on any atom is -0.393 e. The van der Waals surface area contributed by atoms with Crippen LogP contribution in [0, 0.1) is 0 Å². The minimum absolute atomic E-state index is 0.180. The maximum atomic E-state index is 11.8. The Bertz CT molecular complexity index is 278. The van der Waals surface area contributed by atoms with Gasteiger partial charge in [0.2, 0.25) is 5.91 Å². The average Bonchev–Trinajstić information content (AvgIpc) is 2.98. The topological polar surface area (TPSA) is 49.6 Å². The average molecular weight is 243 g/mol. The third-order valence-corrected chi connectivity index (χ3v) is 3.29. The molecule has 0 aromatic heterocycles. The molecule has 0 bridgehead atoms. The lowest BCUT2D eigenvalue weighted by Gasteiger charge is -2.26. The van der Waals surface area contributed by atoms with E-state index in [0.717, 1.165) is 12.8 Å². The number of nitrogens with zero attached hydrogens (tertiary/aromatic N) is 2. The Morgan fingerprint density at radius 1 is 1.50 bits per heavy atom. The molecular weight excluding hydrogens is 222 g/mol. The molecule has 0 spiro atoms. The lowest BCUT2D eigenvalue weighted by molar-refractivity contribution is -0.131. The van der Waals surface area contributed by atoms with Gasteiger partial charge in [0.15, 0.2) is 0 Å². The van der Waals surface area contributed by atoms with Crippen LogP contribution in [0.3, 0.4) is 0 Å². The van der Waals surface area contributed by atoms with Crippen LogP contribution in [0.15, 0.2) is 0 Å². The highest BCUT2D eigenvalue weighted by atomic mass is 32.1. The van der Waals surface area contributed by atoms with Crippen molar-refractivity contribution >= 4 is 23.1 Å². The second-order valence-corrected chi connectivity index (χ2v) is 5.19. The fraction of sp³-hybridized carbons (Fsp3) is 0.818. The molecule has 1 aliphatic rings. The zero-order valence-corrected chi connectivity index (χ0v) is 11.1. The molecule has 1 saturated carbocycles. The van der Waals surface area contributed by atoms with Gasteiger partial charge in [-0.3, -0.25) is 9.69 Å². The van der Waals surface area contributed by atoms with Crippen molar-refractivity contribution in [1.82, 2.24) is 9.80 Å². The van der Waals surface area contributed by atoms with Crippen molar-refractivity contribution in [3.8, 4) is 0 Å². The zero-order valence-electron chi connectivity index (χ0n) is 10.3. The molecule has 0 radical (unpaired) electrons. The van der Waals surface area contributed by atoms with E-state index in [1.54, 1.807) is 0 Å². The largest absolute Gasteiger partial charge is 0.393 e. The van der Waals surface area contributed by atoms with Crippen LogP contribution in [-0.4, -0.2) is 53.4 Å². The molecule has 0 aliphatic heterocycles. The van der Waals surface area contributed by atoms with Gasteiger partial charge in [-0.1, -0.05) is 12.2 Å². The maximum absolute atomic E-state index is 11.8. The number of amides is 1. The van der Waals surface area contributed by atoms with Gasteiger partial charge in [-0.25, -0.2) is 0 Å². The van der Waals surface area contributed by atoms with Gasteiger partial charge in [-0.05, 0) is 26.8 Å². The molecule has 1 fully saturated rings. The first-order chi connectivity index (χ1) is 7.41. The SMILES string of the molecule is CC(CC(N)=S)N(C)CC(=O)N(C)C1CC1. The van der Waals surface area contributed by atoms with Crippen LogP contribution in [0.1, 0.15) is 26.2 Å². The normalized spacial score (nSPS) is 17.2. The predicted molar refractivity (Wildman–Crippen MR) is 69.3 cm³/mol. The van der Waals surface area contributed by atoms with Gasteiger partial charge >= 0.3 is 0 Å². The summed E-state index contributed by atoms with van der Waals surface area (Å²) < 4.78 is 0. The van der Waals surface area contributed by atoms with E-state index >= 15 is 0 Å². The Hall–Kier alpha value is -0.680. The van der Waals surface area contributed by atoms with E-state index < -0.39 is 0 Å². The van der Waals surface area contributed by atoms with Crippen LogP contribution in [-0.2, 0) is 4.79 Å². The quantitative estimate of drug-likeness (QED) is 0.694. The molecule has 5 heteroatoms. The third-order valence-electron chi connectivity index (χ3n) is 3.12. The molecule has 4 nitrogen and oxygen atoms in total. The molecule has 92 valence electrons. The van der Waals surface area contributed by atoms with Crippen LogP contribution in [0.25, 0.3) is 0 Å². The van der Waals surface area contributed by atoms with E-state index in [1.807, 2.05) is 30.8 Å². The molecule has 2 N–H and O–H groups in total. The molecule has 0 aromatic carbocycles. The molecule has 16 heavy (non-hydrogen) atoms.